The number of aryl methyl sites for hydroxylation is 1. The molecule has 5 nitrogen and oxygen atoms in total. The van der Waals surface area contributed by atoms with E-state index in [0.717, 1.165) is 16.0 Å². The van der Waals surface area contributed by atoms with Gasteiger partial charge in [-0.3, -0.25) is 4.31 Å². The number of rotatable bonds is 3. The van der Waals surface area contributed by atoms with Gasteiger partial charge in [-0.05, 0) is 70.5 Å². The predicted molar refractivity (Wildman–Crippen MR) is 118 cm³/mol. The Kier molecular flexibility index (Phi) is 5.27. The van der Waals surface area contributed by atoms with Crippen molar-refractivity contribution in [2.45, 2.75) is 18.2 Å². The highest BCUT2D eigenvalue weighted by Gasteiger charge is 2.32. The Labute approximate surface area is 182 Å². The molecular formula is C21H18BrNO4S2. The van der Waals surface area contributed by atoms with Gasteiger partial charge in [0, 0.05) is 21.5 Å². The summed E-state index contributed by atoms with van der Waals surface area (Å²) in [6, 6.07) is 12.3. The van der Waals surface area contributed by atoms with Crippen LogP contribution in [0.5, 0.6) is 0 Å². The van der Waals surface area contributed by atoms with E-state index in [2.05, 4.69) is 15.9 Å². The average Bonchev–Trinajstić information content (AvgIpc) is 3.10. The lowest BCUT2D eigenvalue weighted by Gasteiger charge is -2.25. The third kappa shape index (κ3) is 3.49. The summed E-state index contributed by atoms with van der Waals surface area (Å²) < 4.78 is 33.8. The van der Waals surface area contributed by atoms with Crippen LogP contribution in [0.4, 0.5) is 5.69 Å². The van der Waals surface area contributed by atoms with Gasteiger partial charge in [-0.25, -0.2) is 13.2 Å². The Hall–Kier alpha value is -2.16. The molecule has 0 aliphatic carbocycles. The fraction of sp³-hybridized carbons (Fsp3) is 0.190. The molecule has 0 fully saturated rings. The molecule has 0 unspecified atom stereocenters. The van der Waals surface area contributed by atoms with Crippen LogP contribution in [0.1, 0.15) is 21.5 Å². The number of methoxy groups -OCH3 is 1. The summed E-state index contributed by atoms with van der Waals surface area (Å²) in [7, 11) is -2.44. The first kappa shape index (κ1) is 20.1. The molecule has 0 saturated heterocycles. The van der Waals surface area contributed by atoms with E-state index < -0.39 is 16.0 Å². The molecule has 1 aliphatic heterocycles. The van der Waals surface area contributed by atoms with Gasteiger partial charge < -0.3 is 4.74 Å². The first-order valence-corrected chi connectivity index (χ1v) is 12.0. The van der Waals surface area contributed by atoms with Crippen LogP contribution in [0.25, 0.3) is 10.4 Å². The minimum Gasteiger partial charge on any atom is -0.465 e. The number of esters is 1. The van der Waals surface area contributed by atoms with Crippen molar-refractivity contribution < 1.29 is 17.9 Å². The SMILES string of the molecule is COC(=O)c1cc2c(cc1Br)N(S(=O)(=O)c1ccc(C)cc1)CCc1ccsc1-2. The number of hydrogen-bond donors (Lipinski definition) is 0. The number of fused-ring (bicyclic) bond motifs is 3. The van der Waals surface area contributed by atoms with Gasteiger partial charge in [-0.1, -0.05) is 17.7 Å². The second kappa shape index (κ2) is 7.59. The molecular weight excluding hydrogens is 474 g/mol. The first-order chi connectivity index (χ1) is 13.8. The molecule has 0 spiro atoms. The summed E-state index contributed by atoms with van der Waals surface area (Å²) in [5.74, 6) is -0.477. The van der Waals surface area contributed by atoms with Crippen LogP contribution in [0.3, 0.4) is 0 Å². The van der Waals surface area contributed by atoms with Crippen molar-refractivity contribution in [1.82, 2.24) is 0 Å². The van der Waals surface area contributed by atoms with Crippen molar-refractivity contribution in [3.8, 4) is 10.4 Å². The van der Waals surface area contributed by atoms with Gasteiger partial charge in [0.25, 0.3) is 10.0 Å². The molecule has 0 N–H and O–H groups in total. The number of benzene rings is 2. The van der Waals surface area contributed by atoms with E-state index in [-0.39, 0.29) is 4.90 Å². The number of carbonyl (C=O) groups is 1. The summed E-state index contributed by atoms with van der Waals surface area (Å²) in [4.78, 5) is 13.4. The lowest BCUT2D eigenvalue weighted by molar-refractivity contribution is 0.0599. The van der Waals surface area contributed by atoms with Crippen LogP contribution in [-0.4, -0.2) is 28.0 Å². The summed E-state index contributed by atoms with van der Waals surface area (Å²) in [5.41, 5.74) is 3.68. The molecule has 29 heavy (non-hydrogen) atoms. The Morgan fingerprint density at radius 2 is 1.90 bits per heavy atom. The van der Waals surface area contributed by atoms with Crippen molar-refractivity contribution in [1.29, 1.82) is 0 Å². The van der Waals surface area contributed by atoms with E-state index in [1.54, 1.807) is 36.4 Å². The number of sulfonamides is 1. The van der Waals surface area contributed by atoms with Crippen LogP contribution < -0.4 is 4.31 Å². The maximum Gasteiger partial charge on any atom is 0.339 e. The Morgan fingerprint density at radius 1 is 1.17 bits per heavy atom. The fourth-order valence-corrected chi connectivity index (χ4v) is 6.37. The van der Waals surface area contributed by atoms with Crippen LogP contribution in [0, 0.1) is 6.92 Å². The van der Waals surface area contributed by atoms with Gasteiger partial charge in [0.15, 0.2) is 0 Å². The number of anilines is 1. The average molecular weight is 492 g/mol. The van der Waals surface area contributed by atoms with Crippen LogP contribution >= 0.6 is 27.3 Å². The molecule has 0 radical (unpaired) electrons. The fourth-order valence-electron chi connectivity index (χ4n) is 3.42. The van der Waals surface area contributed by atoms with E-state index in [0.29, 0.717) is 34.3 Å². The highest BCUT2D eigenvalue weighted by Crippen LogP contribution is 2.44. The quantitative estimate of drug-likeness (QED) is 0.482. The third-order valence-corrected chi connectivity index (χ3v) is 8.42. The summed E-state index contributed by atoms with van der Waals surface area (Å²) in [5, 5.41) is 1.98. The second-order valence-corrected chi connectivity index (χ2v) is 10.4. The lowest BCUT2D eigenvalue weighted by Crippen LogP contribution is -2.32. The normalized spacial score (nSPS) is 13.4. The van der Waals surface area contributed by atoms with Crippen molar-refractivity contribution in [2.75, 3.05) is 18.0 Å². The molecule has 0 amide bonds. The van der Waals surface area contributed by atoms with Crippen molar-refractivity contribution in [2.24, 2.45) is 0 Å². The van der Waals surface area contributed by atoms with Crippen molar-refractivity contribution >= 4 is 48.9 Å². The molecule has 4 rings (SSSR count). The molecule has 3 aromatic rings. The summed E-state index contributed by atoms with van der Waals surface area (Å²) in [6.45, 7) is 2.23. The van der Waals surface area contributed by atoms with Gasteiger partial charge in [0.2, 0.25) is 0 Å². The lowest BCUT2D eigenvalue weighted by atomic mass is 10.0. The van der Waals surface area contributed by atoms with E-state index in [1.165, 1.54) is 22.8 Å². The Balaban J connectivity index is 1.94. The molecule has 150 valence electrons. The van der Waals surface area contributed by atoms with E-state index >= 15 is 0 Å². The standard InChI is InChI=1S/C21H18BrNO4S2/c1-13-3-5-15(6-4-13)29(25,26)23-9-7-14-8-10-28-20(14)17-11-16(21(24)27-2)18(22)12-19(17)23/h3-6,8,10-12H,7,9H2,1-2H3. The number of hydrogen-bond acceptors (Lipinski definition) is 5. The number of ether oxygens (including phenoxy) is 1. The van der Waals surface area contributed by atoms with Crippen molar-refractivity contribution in [3.63, 3.8) is 0 Å². The van der Waals surface area contributed by atoms with E-state index in [1.807, 2.05) is 18.4 Å². The topological polar surface area (TPSA) is 63.7 Å². The van der Waals surface area contributed by atoms with Crippen molar-refractivity contribution in [3.05, 3.63) is 69.0 Å². The Bertz CT molecular complexity index is 1200. The highest BCUT2D eigenvalue weighted by molar-refractivity contribution is 9.10. The molecule has 2 heterocycles. The minimum atomic E-state index is -3.77. The molecule has 8 heteroatoms. The molecule has 1 aliphatic rings. The molecule has 0 atom stereocenters. The maximum absolute atomic E-state index is 13.5. The highest BCUT2D eigenvalue weighted by atomic mass is 79.9. The Morgan fingerprint density at radius 3 is 2.59 bits per heavy atom. The monoisotopic (exact) mass is 491 g/mol. The zero-order valence-corrected chi connectivity index (χ0v) is 19.0. The summed E-state index contributed by atoms with van der Waals surface area (Å²) in [6.07, 6.45) is 0.587. The number of carbonyl (C=O) groups excluding carboxylic acids is 1. The number of halogens is 1. The molecule has 2 aromatic carbocycles. The largest absolute Gasteiger partial charge is 0.465 e. The number of thiophene rings is 1. The second-order valence-electron chi connectivity index (χ2n) is 6.76. The molecule has 0 saturated carbocycles. The third-order valence-electron chi connectivity index (χ3n) is 4.94. The van der Waals surface area contributed by atoms with Gasteiger partial charge >= 0.3 is 5.97 Å². The maximum atomic E-state index is 13.5. The van der Waals surface area contributed by atoms with Gasteiger partial charge in [-0.2, -0.15) is 0 Å². The van der Waals surface area contributed by atoms with Crippen LogP contribution in [0.15, 0.2) is 57.2 Å². The van der Waals surface area contributed by atoms with E-state index in [9.17, 15) is 13.2 Å². The van der Waals surface area contributed by atoms with Crippen LogP contribution in [-0.2, 0) is 21.2 Å². The zero-order valence-electron chi connectivity index (χ0n) is 15.8. The first-order valence-electron chi connectivity index (χ1n) is 8.91. The van der Waals surface area contributed by atoms with E-state index in [4.69, 9.17) is 4.74 Å². The van der Waals surface area contributed by atoms with Gasteiger partial charge in [-0.15, -0.1) is 11.3 Å². The van der Waals surface area contributed by atoms with Gasteiger partial charge in [0.1, 0.15) is 0 Å². The zero-order chi connectivity index (χ0) is 20.8. The van der Waals surface area contributed by atoms with Gasteiger partial charge in [0.05, 0.1) is 23.3 Å². The number of nitrogens with zero attached hydrogens (tertiary/aromatic N) is 1. The molecule has 0 bridgehead atoms. The predicted octanol–water partition coefficient (Wildman–Crippen LogP) is 5.02. The smallest absolute Gasteiger partial charge is 0.339 e. The summed E-state index contributed by atoms with van der Waals surface area (Å²) >= 11 is 4.95. The molecule has 1 aromatic heterocycles. The minimum absolute atomic E-state index is 0.243. The van der Waals surface area contributed by atoms with Crippen LogP contribution in [0.2, 0.25) is 0 Å².